The van der Waals surface area contributed by atoms with Crippen LogP contribution in [-0.4, -0.2) is 29.9 Å². The number of hydrogen-bond acceptors (Lipinski definition) is 2. The number of nitrogens with zero attached hydrogens (tertiary/aromatic N) is 1. The van der Waals surface area contributed by atoms with Crippen molar-refractivity contribution < 1.29 is 4.79 Å². The van der Waals surface area contributed by atoms with Gasteiger partial charge < -0.3 is 10.2 Å². The van der Waals surface area contributed by atoms with Gasteiger partial charge in [0.1, 0.15) is 0 Å². The largest absolute Gasteiger partial charge is 0.339 e. The molecule has 4 heteroatoms. The Morgan fingerprint density at radius 3 is 2.74 bits per heavy atom. The van der Waals surface area contributed by atoms with E-state index in [2.05, 4.69) is 5.32 Å². The number of benzene rings is 1. The SMILES string of the molecule is CCN(C(=O)CNC(C)c1ccccc1Cl)C1CC1. The molecule has 1 N–H and O–H groups in total. The third kappa shape index (κ3) is 3.71. The zero-order valence-electron chi connectivity index (χ0n) is 11.5. The van der Waals surface area contributed by atoms with Crippen LogP contribution in [0.2, 0.25) is 5.02 Å². The van der Waals surface area contributed by atoms with Crippen molar-refractivity contribution >= 4 is 17.5 Å². The summed E-state index contributed by atoms with van der Waals surface area (Å²) in [5.74, 6) is 0.184. The molecule has 1 saturated carbocycles. The van der Waals surface area contributed by atoms with E-state index >= 15 is 0 Å². The van der Waals surface area contributed by atoms with Gasteiger partial charge in [0, 0.05) is 23.7 Å². The molecule has 0 bridgehead atoms. The second-order valence-electron chi connectivity index (χ2n) is 5.04. The van der Waals surface area contributed by atoms with Crippen molar-refractivity contribution in [1.82, 2.24) is 10.2 Å². The van der Waals surface area contributed by atoms with Crippen LogP contribution in [0, 0.1) is 0 Å². The highest BCUT2D eigenvalue weighted by Crippen LogP contribution is 2.26. The molecule has 1 amide bonds. The number of halogens is 1. The molecule has 1 fully saturated rings. The van der Waals surface area contributed by atoms with Crippen molar-refractivity contribution in [1.29, 1.82) is 0 Å². The third-order valence-corrected chi connectivity index (χ3v) is 3.92. The molecule has 0 radical (unpaired) electrons. The maximum absolute atomic E-state index is 12.1. The molecule has 104 valence electrons. The molecule has 1 atom stereocenters. The second kappa shape index (κ2) is 6.40. The molecule has 3 nitrogen and oxygen atoms in total. The van der Waals surface area contributed by atoms with Gasteiger partial charge in [0.2, 0.25) is 5.91 Å². The van der Waals surface area contributed by atoms with Crippen molar-refractivity contribution in [3.05, 3.63) is 34.9 Å². The van der Waals surface area contributed by atoms with Gasteiger partial charge in [-0.1, -0.05) is 29.8 Å². The maximum Gasteiger partial charge on any atom is 0.236 e. The summed E-state index contributed by atoms with van der Waals surface area (Å²) in [7, 11) is 0. The fourth-order valence-electron chi connectivity index (χ4n) is 2.30. The maximum atomic E-state index is 12.1. The average Bonchev–Trinajstić information content (AvgIpc) is 3.22. The highest BCUT2D eigenvalue weighted by molar-refractivity contribution is 6.31. The zero-order chi connectivity index (χ0) is 13.8. The lowest BCUT2D eigenvalue weighted by molar-refractivity contribution is -0.130. The summed E-state index contributed by atoms with van der Waals surface area (Å²) < 4.78 is 0. The van der Waals surface area contributed by atoms with Gasteiger partial charge in [-0.15, -0.1) is 0 Å². The molecule has 1 aromatic carbocycles. The van der Waals surface area contributed by atoms with E-state index in [1.165, 1.54) is 0 Å². The summed E-state index contributed by atoms with van der Waals surface area (Å²) >= 11 is 6.15. The molecule has 19 heavy (non-hydrogen) atoms. The van der Waals surface area contributed by atoms with Gasteiger partial charge in [0.25, 0.3) is 0 Å². The van der Waals surface area contributed by atoms with Crippen LogP contribution < -0.4 is 5.32 Å². The van der Waals surface area contributed by atoms with Crippen LogP contribution in [0.15, 0.2) is 24.3 Å². The molecule has 1 aliphatic rings. The van der Waals surface area contributed by atoms with Gasteiger partial charge in [0.05, 0.1) is 6.54 Å². The van der Waals surface area contributed by atoms with Gasteiger partial charge in [-0.05, 0) is 38.3 Å². The standard InChI is InChI=1S/C15H21ClN2O/c1-3-18(12-8-9-12)15(19)10-17-11(2)13-6-4-5-7-14(13)16/h4-7,11-12,17H,3,8-10H2,1-2H3. The summed E-state index contributed by atoms with van der Waals surface area (Å²) in [5, 5.41) is 4.00. The minimum atomic E-state index is 0.0792. The molecule has 0 aliphatic heterocycles. The predicted octanol–water partition coefficient (Wildman–Crippen LogP) is 3.00. The Balaban J connectivity index is 1.88. The third-order valence-electron chi connectivity index (χ3n) is 3.58. The van der Waals surface area contributed by atoms with Crippen LogP contribution in [0.5, 0.6) is 0 Å². The minimum absolute atomic E-state index is 0.0792. The summed E-state index contributed by atoms with van der Waals surface area (Å²) in [4.78, 5) is 14.1. The number of amides is 1. The fourth-order valence-corrected chi connectivity index (χ4v) is 2.60. The quantitative estimate of drug-likeness (QED) is 0.869. The first kappa shape index (κ1) is 14.4. The van der Waals surface area contributed by atoms with Gasteiger partial charge in [-0.25, -0.2) is 0 Å². The van der Waals surface area contributed by atoms with Crippen LogP contribution in [0.3, 0.4) is 0 Å². The molecule has 0 aromatic heterocycles. The van der Waals surface area contributed by atoms with Gasteiger partial charge in [0.15, 0.2) is 0 Å². The number of carbonyl (C=O) groups is 1. The Bertz CT molecular complexity index is 446. The topological polar surface area (TPSA) is 32.3 Å². The van der Waals surface area contributed by atoms with E-state index in [9.17, 15) is 4.79 Å². The summed E-state index contributed by atoms with van der Waals surface area (Å²) in [6, 6.07) is 8.30. The molecule has 2 rings (SSSR count). The lowest BCUT2D eigenvalue weighted by atomic mass is 10.1. The first-order chi connectivity index (χ1) is 9.13. The number of hydrogen-bond donors (Lipinski definition) is 1. The summed E-state index contributed by atoms with van der Waals surface area (Å²) in [6.07, 6.45) is 2.30. The van der Waals surface area contributed by atoms with Crippen LogP contribution >= 0.6 is 11.6 Å². The van der Waals surface area contributed by atoms with Crippen molar-refractivity contribution in [2.45, 2.75) is 38.8 Å². The first-order valence-corrected chi connectivity index (χ1v) is 7.28. The zero-order valence-corrected chi connectivity index (χ0v) is 12.3. The van der Waals surface area contributed by atoms with Crippen molar-refractivity contribution in [2.75, 3.05) is 13.1 Å². The highest BCUT2D eigenvalue weighted by Gasteiger charge is 2.31. The van der Waals surface area contributed by atoms with Crippen LogP contribution in [0.25, 0.3) is 0 Å². The average molecular weight is 281 g/mol. The lowest BCUT2D eigenvalue weighted by Crippen LogP contribution is -2.40. The Hall–Kier alpha value is -1.06. The van der Waals surface area contributed by atoms with Crippen LogP contribution in [0.4, 0.5) is 0 Å². The van der Waals surface area contributed by atoms with E-state index in [4.69, 9.17) is 11.6 Å². The Kier molecular flexibility index (Phi) is 4.83. The van der Waals surface area contributed by atoms with Gasteiger partial charge in [-0.3, -0.25) is 4.79 Å². The number of carbonyl (C=O) groups excluding carboxylic acids is 1. The molecule has 0 saturated heterocycles. The monoisotopic (exact) mass is 280 g/mol. The fraction of sp³-hybridized carbons (Fsp3) is 0.533. The highest BCUT2D eigenvalue weighted by atomic mass is 35.5. The molecule has 0 heterocycles. The van der Waals surface area contributed by atoms with Gasteiger partial charge >= 0.3 is 0 Å². The first-order valence-electron chi connectivity index (χ1n) is 6.90. The Morgan fingerprint density at radius 1 is 1.47 bits per heavy atom. The van der Waals surface area contributed by atoms with E-state index in [-0.39, 0.29) is 11.9 Å². The van der Waals surface area contributed by atoms with E-state index in [1.807, 2.05) is 43.0 Å². The van der Waals surface area contributed by atoms with Crippen LogP contribution in [-0.2, 0) is 4.79 Å². The van der Waals surface area contributed by atoms with Gasteiger partial charge in [-0.2, -0.15) is 0 Å². The lowest BCUT2D eigenvalue weighted by Gasteiger charge is -2.22. The molecule has 1 unspecified atom stereocenters. The normalized spacial score (nSPS) is 16.2. The molecule has 1 aliphatic carbocycles. The predicted molar refractivity (Wildman–Crippen MR) is 78.3 cm³/mol. The number of likely N-dealkylation sites (N-methyl/N-ethyl adjacent to an activating group) is 1. The summed E-state index contributed by atoms with van der Waals surface area (Å²) in [6.45, 7) is 5.23. The number of rotatable bonds is 6. The Morgan fingerprint density at radius 2 is 2.16 bits per heavy atom. The molecular weight excluding hydrogens is 260 g/mol. The molecule has 0 spiro atoms. The summed E-state index contributed by atoms with van der Waals surface area (Å²) in [5.41, 5.74) is 1.03. The molecular formula is C15H21ClN2O. The van der Waals surface area contributed by atoms with Crippen molar-refractivity contribution in [3.8, 4) is 0 Å². The van der Waals surface area contributed by atoms with E-state index in [0.717, 1.165) is 30.0 Å². The smallest absolute Gasteiger partial charge is 0.236 e. The Labute approximate surface area is 119 Å². The number of nitrogens with one attached hydrogen (secondary N) is 1. The van der Waals surface area contributed by atoms with Crippen LogP contribution in [0.1, 0.15) is 38.3 Å². The minimum Gasteiger partial charge on any atom is -0.339 e. The van der Waals surface area contributed by atoms with E-state index in [0.29, 0.717) is 12.6 Å². The molecule has 1 aromatic rings. The van der Waals surface area contributed by atoms with Crippen molar-refractivity contribution in [3.63, 3.8) is 0 Å². The van der Waals surface area contributed by atoms with Crippen molar-refractivity contribution in [2.24, 2.45) is 0 Å². The second-order valence-corrected chi connectivity index (χ2v) is 5.44. The van der Waals surface area contributed by atoms with E-state index < -0.39 is 0 Å². The van der Waals surface area contributed by atoms with E-state index in [1.54, 1.807) is 0 Å².